The van der Waals surface area contributed by atoms with Gasteiger partial charge < -0.3 is 5.73 Å². The zero-order valence-electron chi connectivity index (χ0n) is 8.39. The molecule has 0 amide bonds. The molecule has 16 heavy (non-hydrogen) atoms. The third-order valence-corrected chi connectivity index (χ3v) is 3.52. The second kappa shape index (κ2) is 6.15. The summed E-state index contributed by atoms with van der Waals surface area (Å²) in [7, 11) is 0. The second-order valence-corrected chi connectivity index (χ2v) is 4.46. The van der Waals surface area contributed by atoms with Crippen molar-refractivity contribution >= 4 is 35.3 Å². The van der Waals surface area contributed by atoms with Gasteiger partial charge in [-0.15, -0.1) is 23.7 Å². The average Bonchev–Trinajstić information content (AvgIpc) is 2.63. The molecule has 0 fully saturated rings. The lowest BCUT2D eigenvalue weighted by molar-refractivity contribution is 0.984. The summed E-state index contributed by atoms with van der Waals surface area (Å²) in [6, 6.07) is 3.85. The van der Waals surface area contributed by atoms with Crippen molar-refractivity contribution in [3.05, 3.63) is 34.6 Å². The molecule has 2 aromatic rings. The Kier molecular flexibility index (Phi) is 5.15. The molecular weight excluding hydrogens is 265 g/mol. The van der Waals surface area contributed by atoms with Gasteiger partial charge in [-0.1, -0.05) is 11.6 Å². The van der Waals surface area contributed by atoms with Crippen LogP contribution in [0, 0.1) is 0 Å². The number of rotatable bonds is 3. The predicted octanol–water partition coefficient (Wildman–Crippen LogP) is 2.78. The van der Waals surface area contributed by atoms with Gasteiger partial charge in [-0.2, -0.15) is 0 Å². The van der Waals surface area contributed by atoms with Crippen LogP contribution in [0.2, 0.25) is 5.15 Å². The first kappa shape index (κ1) is 13.4. The fraction of sp³-hybridized carbons (Fsp3) is 0.200. The predicted molar refractivity (Wildman–Crippen MR) is 70.4 cm³/mol. The van der Waals surface area contributed by atoms with E-state index in [-0.39, 0.29) is 12.4 Å². The maximum atomic E-state index is 6.00. The number of halogens is 2. The molecule has 0 atom stereocenters. The van der Waals surface area contributed by atoms with Crippen molar-refractivity contribution in [2.45, 2.75) is 6.42 Å². The van der Waals surface area contributed by atoms with E-state index in [2.05, 4.69) is 9.97 Å². The van der Waals surface area contributed by atoms with Gasteiger partial charge in [0.1, 0.15) is 10.2 Å². The molecule has 3 nitrogen and oxygen atoms in total. The maximum Gasteiger partial charge on any atom is 0.143 e. The third-order valence-electron chi connectivity index (χ3n) is 1.93. The summed E-state index contributed by atoms with van der Waals surface area (Å²) in [6.45, 7) is 0.592. The summed E-state index contributed by atoms with van der Waals surface area (Å²) in [6.07, 6.45) is 4.29. The van der Waals surface area contributed by atoms with Gasteiger partial charge in [0.05, 0.1) is 0 Å². The van der Waals surface area contributed by atoms with Crippen LogP contribution in [-0.4, -0.2) is 16.5 Å². The van der Waals surface area contributed by atoms with Crippen LogP contribution in [0.3, 0.4) is 0 Å². The lowest BCUT2D eigenvalue weighted by Gasteiger charge is -1.92. The lowest BCUT2D eigenvalue weighted by Crippen LogP contribution is -2.01. The first-order chi connectivity index (χ1) is 7.31. The minimum absolute atomic E-state index is 0. The summed E-state index contributed by atoms with van der Waals surface area (Å²) in [5.74, 6) is 0. The number of hydrogen-bond donors (Lipinski definition) is 1. The first-order valence-electron chi connectivity index (χ1n) is 4.57. The highest BCUT2D eigenvalue weighted by atomic mass is 35.5. The van der Waals surface area contributed by atoms with E-state index in [0.29, 0.717) is 11.7 Å². The molecule has 2 aromatic heterocycles. The molecule has 0 aliphatic carbocycles. The van der Waals surface area contributed by atoms with Crippen molar-refractivity contribution in [1.29, 1.82) is 0 Å². The van der Waals surface area contributed by atoms with Crippen LogP contribution in [0.5, 0.6) is 0 Å². The molecule has 0 saturated carbocycles. The molecule has 6 heteroatoms. The van der Waals surface area contributed by atoms with Crippen LogP contribution < -0.4 is 5.73 Å². The highest BCUT2D eigenvalue weighted by molar-refractivity contribution is 7.15. The average molecular weight is 276 g/mol. The molecule has 2 rings (SSSR count). The molecule has 0 radical (unpaired) electrons. The summed E-state index contributed by atoms with van der Waals surface area (Å²) in [5, 5.41) is 1.46. The van der Waals surface area contributed by atoms with Crippen LogP contribution in [0.1, 0.15) is 4.88 Å². The summed E-state index contributed by atoms with van der Waals surface area (Å²) in [5.41, 5.74) is 6.48. The molecule has 0 bridgehead atoms. The molecule has 2 heterocycles. The Morgan fingerprint density at radius 1 is 1.44 bits per heavy atom. The standard InChI is InChI=1S/C10H10ClN3S.ClH/c11-9-8(3-4-12)15-10(14-9)7-2-1-5-13-6-7;/h1-2,5-6H,3-4,12H2;1H. The SMILES string of the molecule is Cl.NCCc1sc(-c2cccnc2)nc1Cl. The fourth-order valence-electron chi connectivity index (χ4n) is 1.23. The van der Waals surface area contributed by atoms with Gasteiger partial charge >= 0.3 is 0 Å². The van der Waals surface area contributed by atoms with Gasteiger partial charge in [0.15, 0.2) is 0 Å². The zero-order valence-corrected chi connectivity index (χ0v) is 10.8. The summed E-state index contributed by atoms with van der Waals surface area (Å²) >= 11 is 7.57. The third kappa shape index (κ3) is 2.92. The van der Waals surface area contributed by atoms with Gasteiger partial charge in [-0.05, 0) is 25.1 Å². The summed E-state index contributed by atoms with van der Waals surface area (Å²) < 4.78 is 0. The largest absolute Gasteiger partial charge is 0.330 e. The Morgan fingerprint density at radius 3 is 2.88 bits per heavy atom. The molecule has 2 N–H and O–H groups in total. The normalized spacial score (nSPS) is 9.88. The van der Waals surface area contributed by atoms with Crippen molar-refractivity contribution in [2.24, 2.45) is 5.73 Å². The van der Waals surface area contributed by atoms with Crippen LogP contribution in [0.4, 0.5) is 0 Å². The minimum atomic E-state index is 0. The van der Waals surface area contributed by atoms with Gasteiger partial charge in [-0.3, -0.25) is 4.98 Å². The number of nitrogens with zero attached hydrogens (tertiary/aromatic N) is 2. The van der Waals surface area contributed by atoms with Crippen molar-refractivity contribution < 1.29 is 0 Å². The fourth-order valence-corrected chi connectivity index (χ4v) is 2.53. The van der Waals surface area contributed by atoms with E-state index in [1.54, 1.807) is 23.7 Å². The molecule has 86 valence electrons. The Labute approximate surface area is 109 Å². The van der Waals surface area contributed by atoms with Crippen LogP contribution in [-0.2, 0) is 6.42 Å². The number of nitrogens with two attached hydrogens (primary N) is 1. The maximum absolute atomic E-state index is 6.00. The van der Waals surface area contributed by atoms with Gasteiger partial charge in [0, 0.05) is 22.8 Å². The Balaban J connectivity index is 0.00000128. The number of pyridine rings is 1. The Bertz CT molecular complexity index is 445. The van der Waals surface area contributed by atoms with E-state index in [4.69, 9.17) is 17.3 Å². The molecule has 0 aliphatic rings. The Hall–Kier alpha value is -0.680. The van der Waals surface area contributed by atoms with Crippen molar-refractivity contribution in [1.82, 2.24) is 9.97 Å². The Morgan fingerprint density at radius 2 is 2.25 bits per heavy atom. The van der Waals surface area contributed by atoms with E-state index in [0.717, 1.165) is 21.9 Å². The van der Waals surface area contributed by atoms with Crippen molar-refractivity contribution in [3.8, 4) is 10.6 Å². The molecule has 0 aromatic carbocycles. The highest BCUT2D eigenvalue weighted by Gasteiger charge is 2.09. The quantitative estimate of drug-likeness (QED) is 0.937. The number of aromatic nitrogens is 2. The van der Waals surface area contributed by atoms with Crippen LogP contribution in [0.15, 0.2) is 24.5 Å². The first-order valence-corrected chi connectivity index (χ1v) is 5.76. The van der Waals surface area contributed by atoms with Gasteiger partial charge in [0.2, 0.25) is 0 Å². The van der Waals surface area contributed by atoms with Crippen LogP contribution >= 0.6 is 35.3 Å². The van der Waals surface area contributed by atoms with Gasteiger partial charge in [-0.25, -0.2) is 4.98 Å². The molecule has 0 spiro atoms. The smallest absolute Gasteiger partial charge is 0.143 e. The van der Waals surface area contributed by atoms with Crippen molar-refractivity contribution in [3.63, 3.8) is 0 Å². The van der Waals surface area contributed by atoms with Crippen molar-refractivity contribution in [2.75, 3.05) is 6.54 Å². The number of thiazole rings is 1. The topological polar surface area (TPSA) is 51.8 Å². The minimum Gasteiger partial charge on any atom is -0.330 e. The highest BCUT2D eigenvalue weighted by Crippen LogP contribution is 2.30. The van der Waals surface area contributed by atoms with Crippen LogP contribution in [0.25, 0.3) is 10.6 Å². The van der Waals surface area contributed by atoms with E-state index in [1.165, 1.54) is 0 Å². The number of hydrogen-bond acceptors (Lipinski definition) is 4. The molecular formula is C10H11Cl2N3S. The van der Waals surface area contributed by atoms with E-state index in [9.17, 15) is 0 Å². The van der Waals surface area contributed by atoms with E-state index < -0.39 is 0 Å². The molecule has 0 unspecified atom stereocenters. The van der Waals surface area contributed by atoms with E-state index >= 15 is 0 Å². The summed E-state index contributed by atoms with van der Waals surface area (Å²) in [4.78, 5) is 9.37. The lowest BCUT2D eigenvalue weighted by atomic mass is 10.3. The molecule has 0 aliphatic heterocycles. The zero-order chi connectivity index (χ0) is 10.7. The monoisotopic (exact) mass is 275 g/mol. The second-order valence-electron chi connectivity index (χ2n) is 3.01. The molecule has 0 saturated heterocycles. The van der Waals surface area contributed by atoms with Gasteiger partial charge in [0.25, 0.3) is 0 Å². The van der Waals surface area contributed by atoms with E-state index in [1.807, 2.05) is 12.1 Å².